The van der Waals surface area contributed by atoms with E-state index in [0.29, 0.717) is 23.7 Å². The average molecular weight is 401 g/mol. The average Bonchev–Trinajstić information content (AvgIpc) is 3.11. The van der Waals surface area contributed by atoms with Gasteiger partial charge in [-0.15, -0.1) is 4.40 Å². The number of amides is 1. The van der Waals surface area contributed by atoms with Gasteiger partial charge in [0.25, 0.3) is 10.0 Å². The molecule has 1 aliphatic heterocycles. The molecule has 7 nitrogen and oxygen atoms in total. The summed E-state index contributed by atoms with van der Waals surface area (Å²) in [6.07, 6.45) is 8.03. The Bertz CT molecular complexity index is 979. The smallest absolute Gasteiger partial charge is 0.284 e. The molecule has 8 heteroatoms. The minimum Gasteiger partial charge on any atom is -0.465 e. The molecule has 1 saturated heterocycles. The van der Waals surface area contributed by atoms with Gasteiger partial charge in [0, 0.05) is 31.8 Å². The van der Waals surface area contributed by atoms with Crippen molar-refractivity contribution in [1.82, 2.24) is 4.90 Å². The Balaban J connectivity index is 1.75. The maximum absolute atomic E-state index is 12.7. The highest BCUT2D eigenvalue weighted by atomic mass is 32.2. The van der Waals surface area contributed by atoms with E-state index < -0.39 is 10.0 Å². The zero-order valence-electron chi connectivity index (χ0n) is 15.7. The number of sulfonamides is 1. The van der Waals surface area contributed by atoms with Crippen LogP contribution < -0.4 is 5.32 Å². The highest BCUT2D eigenvalue weighted by molar-refractivity contribution is 7.90. The lowest BCUT2D eigenvalue weighted by Crippen LogP contribution is -2.26. The number of rotatable bonds is 5. The van der Waals surface area contributed by atoms with Crippen molar-refractivity contribution in [3.05, 3.63) is 54.5 Å². The molecule has 0 atom stereocenters. The van der Waals surface area contributed by atoms with Crippen LogP contribution in [0.25, 0.3) is 6.08 Å². The first kappa shape index (κ1) is 19.9. The van der Waals surface area contributed by atoms with Gasteiger partial charge in [-0.1, -0.05) is 12.5 Å². The zero-order chi connectivity index (χ0) is 20.0. The summed E-state index contributed by atoms with van der Waals surface area (Å²) in [6.45, 7) is 0.798. The molecular formula is C20H23N3O4S. The van der Waals surface area contributed by atoms with E-state index in [1.54, 1.807) is 24.3 Å². The van der Waals surface area contributed by atoms with Gasteiger partial charge < -0.3 is 14.6 Å². The Morgan fingerprint density at radius 2 is 2.07 bits per heavy atom. The fraction of sp³-hybridized carbons (Fsp3) is 0.300. The summed E-state index contributed by atoms with van der Waals surface area (Å²) in [5, 5.41) is 2.65. The van der Waals surface area contributed by atoms with E-state index >= 15 is 0 Å². The van der Waals surface area contributed by atoms with Crippen LogP contribution in [0.4, 0.5) is 5.69 Å². The van der Waals surface area contributed by atoms with Crippen LogP contribution in [0.1, 0.15) is 31.4 Å². The molecule has 1 aromatic heterocycles. The lowest BCUT2D eigenvalue weighted by atomic mass is 10.2. The molecule has 1 N–H and O–H groups in total. The number of hydrogen-bond donors (Lipinski definition) is 1. The maximum Gasteiger partial charge on any atom is 0.284 e. The molecule has 0 aliphatic carbocycles. The Morgan fingerprint density at radius 1 is 1.21 bits per heavy atom. The van der Waals surface area contributed by atoms with Crippen molar-refractivity contribution in [3.63, 3.8) is 0 Å². The summed E-state index contributed by atoms with van der Waals surface area (Å²) in [5.74, 6) is 0.740. The van der Waals surface area contributed by atoms with Gasteiger partial charge in [-0.2, -0.15) is 8.42 Å². The molecule has 0 spiro atoms. The normalized spacial score (nSPS) is 17.0. The summed E-state index contributed by atoms with van der Waals surface area (Å²) in [7, 11) is -1.99. The van der Waals surface area contributed by atoms with Crippen LogP contribution in [-0.2, 0) is 14.8 Å². The third kappa shape index (κ3) is 5.32. The third-order valence-corrected chi connectivity index (χ3v) is 5.70. The van der Waals surface area contributed by atoms with E-state index in [1.165, 1.54) is 30.5 Å². The Labute approximate surface area is 164 Å². The largest absolute Gasteiger partial charge is 0.465 e. The predicted octanol–water partition coefficient (Wildman–Crippen LogP) is 3.52. The van der Waals surface area contributed by atoms with Crippen molar-refractivity contribution < 1.29 is 17.6 Å². The van der Waals surface area contributed by atoms with E-state index in [-0.39, 0.29) is 10.8 Å². The summed E-state index contributed by atoms with van der Waals surface area (Å²) in [5.41, 5.74) is 0.379. The van der Waals surface area contributed by atoms with Crippen molar-refractivity contribution in [2.24, 2.45) is 4.40 Å². The number of nitrogens with one attached hydrogen (secondary N) is 1. The van der Waals surface area contributed by atoms with Crippen LogP contribution in [-0.4, -0.2) is 38.7 Å². The van der Waals surface area contributed by atoms with Crippen LogP contribution in [0.2, 0.25) is 0 Å². The first-order valence-corrected chi connectivity index (χ1v) is 10.6. The molecule has 1 aromatic carbocycles. The second kappa shape index (κ2) is 8.88. The molecule has 0 unspecified atom stereocenters. The highest BCUT2D eigenvalue weighted by Crippen LogP contribution is 2.20. The molecule has 0 saturated carbocycles. The van der Waals surface area contributed by atoms with Crippen LogP contribution in [0.15, 0.2) is 62.4 Å². The molecule has 1 aliphatic rings. The Kier molecular flexibility index (Phi) is 6.30. The fourth-order valence-corrected chi connectivity index (χ4v) is 4.04. The lowest BCUT2D eigenvalue weighted by Gasteiger charge is -2.17. The minimum absolute atomic E-state index is 0.0467. The summed E-state index contributed by atoms with van der Waals surface area (Å²) in [6, 6.07) is 9.54. The lowest BCUT2D eigenvalue weighted by molar-refractivity contribution is -0.111. The van der Waals surface area contributed by atoms with Gasteiger partial charge in [-0.25, -0.2) is 0 Å². The predicted molar refractivity (Wildman–Crippen MR) is 109 cm³/mol. The molecule has 0 radical (unpaired) electrons. The van der Waals surface area contributed by atoms with Crippen molar-refractivity contribution in [1.29, 1.82) is 0 Å². The van der Waals surface area contributed by atoms with E-state index in [1.807, 2.05) is 11.9 Å². The minimum atomic E-state index is -3.85. The molecule has 1 fully saturated rings. The molecule has 148 valence electrons. The molecule has 2 aromatic rings. The maximum atomic E-state index is 12.7. The number of amidine groups is 1. The molecular weight excluding hydrogens is 378 g/mol. The van der Waals surface area contributed by atoms with Gasteiger partial charge in [-0.3, -0.25) is 4.79 Å². The van der Waals surface area contributed by atoms with Gasteiger partial charge in [0.1, 0.15) is 11.6 Å². The van der Waals surface area contributed by atoms with Crippen LogP contribution >= 0.6 is 0 Å². The van der Waals surface area contributed by atoms with Gasteiger partial charge in [0.15, 0.2) is 0 Å². The second-order valence-electron chi connectivity index (χ2n) is 6.58. The summed E-state index contributed by atoms with van der Waals surface area (Å²) >= 11 is 0. The fourth-order valence-electron chi connectivity index (χ4n) is 2.90. The quantitative estimate of drug-likeness (QED) is 0.774. The van der Waals surface area contributed by atoms with Gasteiger partial charge >= 0.3 is 0 Å². The van der Waals surface area contributed by atoms with Gasteiger partial charge in [-0.05, 0) is 49.2 Å². The standard InChI is InChI=1S/C20H23N3O4S/c1-23-13-4-2-3-10-19(23)22-28(25,26)18-9-5-7-16(15-18)21-20(24)12-11-17-8-6-14-27-17/h5-9,11-12,14-15H,2-4,10,13H2,1H3,(H,21,24)/b12-11+,22-19?. The molecule has 28 heavy (non-hydrogen) atoms. The molecule has 1 amide bonds. The van der Waals surface area contributed by atoms with Crippen LogP contribution in [0, 0.1) is 0 Å². The summed E-state index contributed by atoms with van der Waals surface area (Å²) < 4.78 is 34.6. The SMILES string of the molecule is CN1CCCCCC1=NS(=O)(=O)c1cccc(NC(=O)/C=C/c2ccco2)c1. The van der Waals surface area contributed by atoms with Crippen molar-refractivity contribution in [3.8, 4) is 0 Å². The van der Waals surface area contributed by atoms with E-state index in [2.05, 4.69) is 9.71 Å². The second-order valence-corrected chi connectivity index (χ2v) is 8.18. The first-order chi connectivity index (χ1) is 13.4. The van der Waals surface area contributed by atoms with E-state index in [0.717, 1.165) is 25.8 Å². The monoisotopic (exact) mass is 401 g/mol. The Hall–Kier alpha value is -2.87. The van der Waals surface area contributed by atoms with Crippen molar-refractivity contribution in [2.75, 3.05) is 18.9 Å². The first-order valence-electron chi connectivity index (χ1n) is 9.12. The number of benzene rings is 1. The molecule has 2 heterocycles. The van der Waals surface area contributed by atoms with E-state index in [4.69, 9.17) is 4.42 Å². The van der Waals surface area contributed by atoms with Gasteiger partial charge in [0.2, 0.25) is 5.91 Å². The van der Waals surface area contributed by atoms with Gasteiger partial charge in [0.05, 0.1) is 11.2 Å². The zero-order valence-corrected chi connectivity index (χ0v) is 16.5. The number of furan rings is 1. The number of anilines is 1. The number of hydrogen-bond acceptors (Lipinski definition) is 4. The topological polar surface area (TPSA) is 92.0 Å². The number of carbonyl (C=O) groups excluding carboxylic acids is 1. The van der Waals surface area contributed by atoms with Crippen molar-refractivity contribution >= 4 is 33.5 Å². The van der Waals surface area contributed by atoms with E-state index in [9.17, 15) is 13.2 Å². The highest BCUT2D eigenvalue weighted by Gasteiger charge is 2.18. The number of nitrogens with zero attached hydrogens (tertiary/aromatic N) is 2. The number of likely N-dealkylation sites (tertiary alicyclic amines) is 1. The van der Waals surface area contributed by atoms with Crippen molar-refractivity contribution in [2.45, 2.75) is 30.6 Å². The third-order valence-electron chi connectivity index (χ3n) is 4.40. The van der Waals surface area contributed by atoms with Crippen LogP contribution in [0.5, 0.6) is 0 Å². The molecule has 0 bridgehead atoms. The van der Waals surface area contributed by atoms with Crippen LogP contribution in [0.3, 0.4) is 0 Å². The molecule has 3 rings (SSSR count). The summed E-state index contributed by atoms with van der Waals surface area (Å²) in [4.78, 5) is 14.0. The number of carbonyl (C=O) groups is 1. The Morgan fingerprint density at radius 3 is 2.86 bits per heavy atom.